The number of carbonyl (C=O) groups is 3. The maximum atomic E-state index is 14.1. The van der Waals surface area contributed by atoms with Gasteiger partial charge in [-0.25, -0.2) is 14.6 Å². The minimum atomic E-state index is -0.683. The predicted octanol–water partition coefficient (Wildman–Crippen LogP) is 4.32. The van der Waals surface area contributed by atoms with Gasteiger partial charge in [0.15, 0.2) is 11.6 Å². The Morgan fingerprint density at radius 2 is 1.80 bits per heavy atom. The van der Waals surface area contributed by atoms with Gasteiger partial charge in [0.25, 0.3) is 5.91 Å². The Hall–Kier alpha value is -4.45. The fourth-order valence-electron chi connectivity index (χ4n) is 5.43. The van der Waals surface area contributed by atoms with Crippen LogP contribution in [0.1, 0.15) is 55.3 Å². The average molecular weight is 629 g/mol. The third-order valence-corrected chi connectivity index (χ3v) is 8.49. The summed E-state index contributed by atoms with van der Waals surface area (Å²) in [6, 6.07) is 15.9. The van der Waals surface area contributed by atoms with Crippen molar-refractivity contribution in [3.05, 3.63) is 78.4 Å². The Kier molecular flexibility index (Phi) is 10.7. The van der Waals surface area contributed by atoms with Gasteiger partial charge in [-0.1, -0.05) is 62.4 Å². The van der Waals surface area contributed by atoms with Crippen molar-refractivity contribution in [1.82, 2.24) is 40.3 Å². The summed E-state index contributed by atoms with van der Waals surface area (Å²) in [5, 5.41) is 11.0. The molecule has 2 aromatic heterocycles. The molecule has 12 heteroatoms. The lowest BCUT2D eigenvalue weighted by Gasteiger charge is -2.28. The molecule has 2 aromatic carbocycles. The van der Waals surface area contributed by atoms with Gasteiger partial charge >= 0.3 is 0 Å². The van der Waals surface area contributed by atoms with Crippen molar-refractivity contribution in [2.75, 3.05) is 25.1 Å². The van der Waals surface area contributed by atoms with Crippen LogP contribution in [0.25, 0.3) is 22.8 Å². The van der Waals surface area contributed by atoms with E-state index >= 15 is 0 Å². The van der Waals surface area contributed by atoms with Crippen molar-refractivity contribution in [3.8, 4) is 22.8 Å². The van der Waals surface area contributed by atoms with E-state index in [1.165, 1.54) is 0 Å². The Morgan fingerprint density at radius 1 is 1.02 bits per heavy atom. The van der Waals surface area contributed by atoms with Crippen LogP contribution in [0.2, 0.25) is 0 Å². The van der Waals surface area contributed by atoms with Gasteiger partial charge in [0.2, 0.25) is 11.8 Å². The van der Waals surface area contributed by atoms with Crippen LogP contribution in [0.5, 0.6) is 0 Å². The first kappa shape index (κ1) is 32.0. The lowest BCUT2D eigenvalue weighted by molar-refractivity contribution is -0.129. The highest BCUT2D eigenvalue weighted by atomic mass is 32.2. The van der Waals surface area contributed by atoms with Crippen molar-refractivity contribution in [2.24, 2.45) is 5.92 Å². The number of amides is 3. The molecule has 1 aliphatic rings. The molecule has 2 atom stereocenters. The predicted molar refractivity (Wildman–Crippen MR) is 175 cm³/mol. The molecular weight excluding hydrogens is 588 g/mol. The van der Waals surface area contributed by atoms with Crippen LogP contribution >= 0.6 is 11.8 Å². The Bertz CT molecular complexity index is 1590. The molecule has 236 valence electrons. The molecule has 45 heavy (non-hydrogen) atoms. The number of imidazole rings is 1. The first-order valence-electron chi connectivity index (χ1n) is 15.3. The van der Waals surface area contributed by atoms with E-state index in [4.69, 9.17) is 10.1 Å². The maximum Gasteiger partial charge on any atom is 0.254 e. The number of aromatic amines is 1. The van der Waals surface area contributed by atoms with Gasteiger partial charge < -0.3 is 20.5 Å². The Morgan fingerprint density at radius 3 is 2.53 bits per heavy atom. The molecule has 3 heterocycles. The summed E-state index contributed by atoms with van der Waals surface area (Å²) in [5.41, 5.74) is 2.08. The second-order valence-corrected chi connectivity index (χ2v) is 12.4. The highest BCUT2D eigenvalue weighted by Crippen LogP contribution is 2.26. The van der Waals surface area contributed by atoms with Gasteiger partial charge in [-0.2, -0.15) is 16.9 Å². The normalized spacial score (nSPS) is 18.2. The minimum Gasteiger partial charge on any atom is -0.345 e. The number of hydrogen-bond acceptors (Lipinski definition) is 7. The average Bonchev–Trinajstić information content (AvgIpc) is 3.74. The van der Waals surface area contributed by atoms with E-state index in [1.807, 2.05) is 73.3 Å². The minimum absolute atomic E-state index is 0.0248. The number of fused-ring (bicyclic) bond motifs is 1. The van der Waals surface area contributed by atoms with Crippen LogP contribution in [0.4, 0.5) is 0 Å². The fourth-order valence-corrected chi connectivity index (χ4v) is 5.90. The largest absolute Gasteiger partial charge is 0.345 e. The van der Waals surface area contributed by atoms with Gasteiger partial charge in [-0.3, -0.25) is 14.4 Å². The van der Waals surface area contributed by atoms with Crippen molar-refractivity contribution >= 4 is 29.5 Å². The van der Waals surface area contributed by atoms with Crippen LogP contribution in [0, 0.1) is 5.92 Å². The van der Waals surface area contributed by atoms with Crippen molar-refractivity contribution in [1.29, 1.82) is 0 Å². The van der Waals surface area contributed by atoms with Crippen molar-refractivity contribution in [3.63, 3.8) is 0 Å². The smallest absolute Gasteiger partial charge is 0.254 e. The van der Waals surface area contributed by atoms with E-state index in [0.29, 0.717) is 61.1 Å². The number of carbonyl (C=O) groups excluding carboxylic acids is 3. The zero-order valence-corrected chi connectivity index (χ0v) is 26.7. The molecule has 0 bridgehead atoms. The Balaban J connectivity index is 1.53. The second-order valence-electron chi connectivity index (χ2n) is 11.4. The number of aromatic nitrogens is 5. The van der Waals surface area contributed by atoms with Gasteiger partial charge in [-0.15, -0.1) is 0 Å². The van der Waals surface area contributed by atoms with Crippen LogP contribution in [0.3, 0.4) is 0 Å². The molecule has 1 aliphatic heterocycles. The molecule has 0 aliphatic carbocycles. The number of thioether (sulfide) groups is 1. The summed E-state index contributed by atoms with van der Waals surface area (Å²) in [7, 11) is 0. The van der Waals surface area contributed by atoms with Crippen LogP contribution in [-0.2, 0) is 16.1 Å². The van der Waals surface area contributed by atoms with Gasteiger partial charge in [-0.05, 0) is 36.8 Å². The first-order valence-corrected chi connectivity index (χ1v) is 16.7. The monoisotopic (exact) mass is 628 g/mol. The summed E-state index contributed by atoms with van der Waals surface area (Å²) in [6.07, 6.45) is 6.48. The molecule has 4 aromatic rings. The standard InChI is InChI=1S/C33H40N8O3S/c1-22(2)28-31-38-29(23-10-5-4-6-11-23)39-41(31)20-19-40(18-9-14-27(42)36-26(15-21-45-3)32(43)37-28)33(44)25-13-8-7-12-24(25)30-34-16-17-35-30/h4-8,10-13,16-17,22,26,28H,9,14-15,18-21H2,1-3H3,(H,34,35)(H,36,42)(H,37,43)/t26-,28+/m0/s1. The van der Waals surface area contributed by atoms with Crippen LogP contribution in [0.15, 0.2) is 67.0 Å². The molecular formula is C33H40N8O3S. The number of nitrogens with one attached hydrogen (secondary N) is 3. The summed E-state index contributed by atoms with van der Waals surface area (Å²) in [4.78, 5) is 55.0. The lowest BCUT2D eigenvalue weighted by Crippen LogP contribution is -2.49. The zero-order chi connectivity index (χ0) is 31.8. The Labute approximate surface area is 267 Å². The summed E-state index contributed by atoms with van der Waals surface area (Å²) < 4.78 is 1.81. The molecule has 0 radical (unpaired) electrons. The SMILES string of the molecule is CSCC[C@@H]1NC(=O)CCCN(C(=O)c2ccccc2-c2ncc[nH]2)CCn2nc(-c3ccccc3)nc2[C@@H](C(C)C)NC1=O. The number of hydrogen-bond donors (Lipinski definition) is 3. The molecule has 0 fully saturated rings. The summed E-state index contributed by atoms with van der Waals surface area (Å²) >= 11 is 1.62. The van der Waals surface area contributed by atoms with E-state index in [-0.39, 0.29) is 30.1 Å². The second kappa shape index (κ2) is 15.0. The third kappa shape index (κ3) is 7.80. The van der Waals surface area contributed by atoms with E-state index < -0.39 is 12.1 Å². The molecule has 3 amide bonds. The van der Waals surface area contributed by atoms with Crippen molar-refractivity contribution < 1.29 is 14.4 Å². The fraction of sp³-hybridized carbons (Fsp3) is 0.394. The zero-order valence-electron chi connectivity index (χ0n) is 25.9. The number of benzene rings is 2. The van der Waals surface area contributed by atoms with E-state index in [2.05, 4.69) is 20.6 Å². The highest BCUT2D eigenvalue weighted by Gasteiger charge is 2.30. The molecule has 0 spiro atoms. The summed E-state index contributed by atoms with van der Waals surface area (Å²) in [6.45, 7) is 5.07. The van der Waals surface area contributed by atoms with Gasteiger partial charge in [0.05, 0.1) is 18.2 Å². The molecule has 3 N–H and O–H groups in total. The lowest BCUT2D eigenvalue weighted by atomic mass is 10.0. The summed E-state index contributed by atoms with van der Waals surface area (Å²) in [5.74, 6) is 1.84. The van der Waals surface area contributed by atoms with Crippen LogP contribution < -0.4 is 10.6 Å². The van der Waals surface area contributed by atoms with Crippen LogP contribution in [-0.4, -0.2) is 78.5 Å². The number of H-pyrrole nitrogens is 1. The first-order chi connectivity index (χ1) is 21.9. The maximum absolute atomic E-state index is 14.1. The van der Waals surface area contributed by atoms with E-state index in [0.717, 1.165) is 11.3 Å². The molecule has 0 unspecified atom stereocenters. The highest BCUT2D eigenvalue weighted by molar-refractivity contribution is 7.98. The topological polar surface area (TPSA) is 138 Å². The van der Waals surface area contributed by atoms with Crippen molar-refractivity contribution in [2.45, 2.75) is 51.7 Å². The quantitative estimate of drug-likeness (QED) is 0.277. The van der Waals surface area contributed by atoms with E-state index in [1.54, 1.807) is 35.1 Å². The molecule has 5 rings (SSSR count). The molecule has 0 saturated carbocycles. The van der Waals surface area contributed by atoms with E-state index in [9.17, 15) is 14.4 Å². The number of rotatable bonds is 7. The number of nitrogens with zero attached hydrogens (tertiary/aromatic N) is 5. The van der Waals surface area contributed by atoms with Gasteiger partial charge in [0, 0.05) is 43.0 Å². The molecule has 0 saturated heterocycles. The molecule has 11 nitrogen and oxygen atoms in total. The van der Waals surface area contributed by atoms with Gasteiger partial charge in [0.1, 0.15) is 11.9 Å². The third-order valence-electron chi connectivity index (χ3n) is 7.85.